The van der Waals surface area contributed by atoms with Crippen LogP contribution in [0, 0.1) is 0 Å². The number of hydrogen-bond acceptors (Lipinski definition) is 3. The van der Waals surface area contributed by atoms with E-state index in [1.54, 1.807) is 19.2 Å². The molecular weight excluding hydrogens is 156 g/mol. The summed E-state index contributed by atoms with van der Waals surface area (Å²) in [6, 6.07) is 3.25. The molecule has 0 bridgehead atoms. The number of aromatic amines is 1. The number of phenols is 1. The summed E-state index contributed by atoms with van der Waals surface area (Å²) < 4.78 is 5.06. The zero-order chi connectivity index (χ0) is 8.55. The fourth-order valence-electron chi connectivity index (χ4n) is 1.16. The first kappa shape index (κ1) is 6.97. The number of benzene rings is 1. The Labute approximate surface area is 68.8 Å². The summed E-state index contributed by atoms with van der Waals surface area (Å²) in [6.45, 7) is 0. The van der Waals surface area contributed by atoms with Gasteiger partial charge in [0.15, 0.2) is 0 Å². The van der Waals surface area contributed by atoms with E-state index in [0.29, 0.717) is 11.3 Å². The molecular formula is C8H8N2O2. The average Bonchev–Trinajstić information content (AvgIpc) is 2.54. The van der Waals surface area contributed by atoms with Crippen molar-refractivity contribution in [3.05, 3.63) is 18.5 Å². The molecule has 2 aromatic rings. The molecule has 1 aromatic carbocycles. The summed E-state index contributed by atoms with van der Waals surface area (Å²) in [7, 11) is 1.58. The molecule has 2 N–H and O–H groups in total. The number of fused-ring (bicyclic) bond motifs is 1. The summed E-state index contributed by atoms with van der Waals surface area (Å²) >= 11 is 0. The number of ether oxygens (including phenoxy) is 1. The van der Waals surface area contributed by atoms with Crippen molar-refractivity contribution in [3.8, 4) is 11.5 Å². The molecule has 12 heavy (non-hydrogen) atoms. The van der Waals surface area contributed by atoms with E-state index < -0.39 is 0 Å². The van der Waals surface area contributed by atoms with Crippen molar-refractivity contribution in [2.75, 3.05) is 7.11 Å². The lowest BCUT2D eigenvalue weighted by Crippen LogP contribution is -1.83. The number of phenolic OH excluding ortho intramolecular Hbond substituents is 1. The van der Waals surface area contributed by atoms with Crippen molar-refractivity contribution >= 4 is 11.0 Å². The molecule has 2 rings (SSSR count). The number of rotatable bonds is 1. The standard InChI is InChI=1S/C8H8N2O2/c1-12-6-3-2-5(11)7-8(6)10-4-9-7/h2-4,11H,1H3,(H,9,10). The normalized spacial score (nSPS) is 10.4. The SMILES string of the molecule is COc1ccc(O)c2nc[nH]c12. The second-order valence-corrected chi connectivity index (χ2v) is 2.41. The van der Waals surface area contributed by atoms with Gasteiger partial charge in [-0.1, -0.05) is 0 Å². The van der Waals surface area contributed by atoms with Crippen LogP contribution in [0.4, 0.5) is 0 Å². The third-order valence-corrected chi connectivity index (χ3v) is 1.74. The maximum atomic E-state index is 9.34. The van der Waals surface area contributed by atoms with E-state index in [1.807, 2.05) is 0 Å². The van der Waals surface area contributed by atoms with Crippen molar-refractivity contribution in [1.29, 1.82) is 0 Å². The zero-order valence-electron chi connectivity index (χ0n) is 6.53. The largest absolute Gasteiger partial charge is 0.506 e. The van der Waals surface area contributed by atoms with Crippen molar-refractivity contribution in [2.24, 2.45) is 0 Å². The second kappa shape index (κ2) is 2.41. The Balaban J connectivity index is 2.82. The Bertz CT molecular complexity index is 408. The predicted molar refractivity (Wildman–Crippen MR) is 44.3 cm³/mol. The first-order valence-electron chi connectivity index (χ1n) is 3.52. The van der Waals surface area contributed by atoms with Gasteiger partial charge in [0, 0.05) is 0 Å². The summed E-state index contributed by atoms with van der Waals surface area (Å²) in [6.07, 6.45) is 1.52. The van der Waals surface area contributed by atoms with Crippen molar-refractivity contribution in [3.63, 3.8) is 0 Å². The van der Waals surface area contributed by atoms with E-state index in [1.165, 1.54) is 6.33 Å². The molecule has 0 fully saturated rings. The van der Waals surface area contributed by atoms with Crippen LogP contribution < -0.4 is 4.74 Å². The van der Waals surface area contributed by atoms with Gasteiger partial charge < -0.3 is 14.8 Å². The molecule has 0 aliphatic carbocycles. The second-order valence-electron chi connectivity index (χ2n) is 2.41. The lowest BCUT2D eigenvalue weighted by molar-refractivity contribution is 0.417. The van der Waals surface area contributed by atoms with Gasteiger partial charge in [0.1, 0.15) is 22.5 Å². The molecule has 1 aromatic heterocycles. The molecule has 4 nitrogen and oxygen atoms in total. The van der Waals surface area contributed by atoms with Crippen molar-refractivity contribution < 1.29 is 9.84 Å². The van der Waals surface area contributed by atoms with Gasteiger partial charge in [-0.05, 0) is 12.1 Å². The van der Waals surface area contributed by atoms with Gasteiger partial charge in [-0.15, -0.1) is 0 Å². The maximum absolute atomic E-state index is 9.34. The number of aromatic nitrogens is 2. The van der Waals surface area contributed by atoms with Crippen LogP contribution in [0.3, 0.4) is 0 Å². The average molecular weight is 164 g/mol. The van der Waals surface area contributed by atoms with Crippen LogP contribution in [-0.2, 0) is 0 Å². The van der Waals surface area contributed by atoms with E-state index in [-0.39, 0.29) is 5.75 Å². The predicted octanol–water partition coefficient (Wildman–Crippen LogP) is 1.28. The van der Waals surface area contributed by atoms with Crippen LogP contribution in [0.15, 0.2) is 18.5 Å². The first-order chi connectivity index (χ1) is 5.83. The summed E-state index contributed by atoms with van der Waals surface area (Å²) in [4.78, 5) is 6.83. The minimum atomic E-state index is 0.159. The molecule has 0 amide bonds. The van der Waals surface area contributed by atoms with Gasteiger partial charge in [-0.25, -0.2) is 4.98 Å². The number of imidazole rings is 1. The van der Waals surface area contributed by atoms with Crippen LogP contribution in [0.25, 0.3) is 11.0 Å². The van der Waals surface area contributed by atoms with Crippen LogP contribution in [0.1, 0.15) is 0 Å². The Hall–Kier alpha value is -1.71. The van der Waals surface area contributed by atoms with Gasteiger partial charge in [0.05, 0.1) is 13.4 Å². The van der Waals surface area contributed by atoms with Crippen LogP contribution >= 0.6 is 0 Å². The Morgan fingerprint density at radius 3 is 3.08 bits per heavy atom. The fraction of sp³-hybridized carbons (Fsp3) is 0.125. The molecule has 0 aliphatic heterocycles. The van der Waals surface area contributed by atoms with E-state index in [0.717, 1.165) is 5.52 Å². The monoisotopic (exact) mass is 164 g/mol. The summed E-state index contributed by atoms with van der Waals surface area (Å²) in [5, 5.41) is 9.34. The molecule has 0 saturated heterocycles. The van der Waals surface area contributed by atoms with Crippen LogP contribution in [0.5, 0.6) is 11.5 Å². The molecule has 4 heteroatoms. The summed E-state index contributed by atoms with van der Waals surface area (Å²) in [5.41, 5.74) is 1.26. The number of aromatic hydroxyl groups is 1. The fourth-order valence-corrected chi connectivity index (χ4v) is 1.16. The lowest BCUT2D eigenvalue weighted by atomic mass is 10.3. The molecule has 62 valence electrons. The zero-order valence-corrected chi connectivity index (χ0v) is 6.53. The Morgan fingerprint density at radius 2 is 2.33 bits per heavy atom. The molecule has 0 saturated carbocycles. The topological polar surface area (TPSA) is 58.1 Å². The van der Waals surface area contributed by atoms with Crippen LogP contribution in [-0.4, -0.2) is 22.2 Å². The van der Waals surface area contributed by atoms with E-state index >= 15 is 0 Å². The van der Waals surface area contributed by atoms with Gasteiger partial charge in [0.25, 0.3) is 0 Å². The number of H-pyrrole nitrogens is 1. The number of nitrogens with zero attached hydrogens (tertiary/aromatic N) is 1. The highest BCUT2D eigenvalue weighted by Gasteiger charge is 2.06. The van der Waals surface area contributed by atoms with Crippen molar-refractivity contribution in [1.82, 2.24) is 9.97 Å². The van der Waals surface area contributed by atoms with E-state index in [2.05, 4.69) is 9.97 Å². The quantitative estimate of drug-likeness (QED) is 0.667. The van der Waals surface area contributed by atoms with Crippen LogP contribution in [0.2, 0.25) is 0 Å². The highest BCUT2D eigenvalue weighted by molar-refractivity contribution is 5.86. The minimum absolute atomic E-state index is 0.159. The maximum Gasteiger partial charge on any atom is 0.144 e. The highest BCUT2D eigenvalue weighted by atomic mass is 16.5. The lowest BCUT2D eigenvalue weighted by Gasteiger charge is -2.00. The number of nitrogens with one attached hydrogen (secondary N) is 1. The third kappa shape index (κ3) is 0.812. The van der Waals surface area contributed by atoms with Gasteiger partial charge >= 0.3 is 0 Å². The smallest absolute Gasteiger partial charge is 0.144 e. The minimum Gasteiger partial charge on any atom is -0.506 e. The number of methoxy groups -OCH3 is 1. The van der Waals surface area contributed by atoms with Gasteiger partial charge in [0.2, 0.25) is 0 Å². The number of hydrogen-bond donors (Lipinski definition) is 2. The molecule has 1 heterocycles. The Morgan fingerprint density at radius 1 is 1.50 bits per heavy atom. The Kier molecular flexibility index (Phi) is 1.40. The molecule has 0 aliphatic rings. The van der Waals surface area contributed by atoms with Gasteiger partial charge in [-0.3, -0.25) is 0 Å². The molecule has 0 radical (unpaired) electrons. The third-order valence-electron chi connectivity index (χ3n) is 1.74. The molecule has 0 atom stereocenters. The van der Waals surface area contributed by atoms with Crippen molar-refractivity contribution in [2.45, 2.75) is 0 Å². The van der Waals surface area contributed by atoms with E-state index in [9.17, 15) is 5.11 Å². The van der Waals surface area contributed by atoms with Gasteiger partial charge in [-0.2, -0.15) is 0 Å². The first-order valence-corrected chi connectivity index (χ1v) is 3.52. The molecule has 0 unspecified atom stereocenters. The van der Waals surface area contributed by atoms with E-state index in [4.69, 9.17) is 4.74 Å². The summed E-state index contributed by atoms with van der Waals surface area (Å²) in [5.74, 6) is 0.840. The molecule has 0 spiro atoms. The highest BCUT2D eigenvalue weighted by Crippen LogP contribution is 2.28.